The van der Waals surface area contributed by atoms with Crippen molar-refractivity contribution in [1.29, 1.82) is 0 Å². The van der Waals surface area contributed by atoms with Crippen LogP contribution in [0.25, 0.3) is 0 Å². The van der Waals surface area contributed by atoms with Crippen molar-refractivity contribution >= 4 is 11.9 Å². The molecule has 0 aromatic heterocycles. The number of carbonyl (C=O) groups is 1. The van der Waals surface area contributed by atoms with Crippen molar-refractivity contribution in [3.05, 3.63) is 35.9 Å². The lowest BCUT2D eigenvalue weighted by Gasteiger charge is -2.11. The Bertz CT molecular complexity index is 428. The summed E-state index contributed by atoms with van der Waals surface area (Å²) < 4.78 is 10.5. The van der Waals surface area contributed by atoms with Gasteiger partial charge in [0.05, 0.1) is 6.61 Å². The van der Waals surface area contributed by atoms with Gasteiger partial charge in [-0.05, 0) is 26.0 Å². The highest BCUT2D eigenvalue weighted by molar-refractivity contribution is 5.97. The van der Waals surface area contributed by atoms with Crippen molar-refractivity contribution in [2.24, 2.45) is 4.99 Å². The summed E-state index contributed by atoms with van der Waals surface area (Å²) in [6.45, 7) is 3.96. The molecular formula is C13H15NO3. The van der Waals surface area contributed by atoms with Crippen LogP contribution < -0.4 is 0 Å². The van der Waals surface area contributed by atoms with Crippen molar-refractivity contribution in [3.8, 4) is 0 Å². The molecule has 1 aliphatic rings. The number of nitrogens with zero attached hydrogens (tertiary/aromatic N) is 1. The van der Waals surface area contributed by atoms with Crippen LogP contribution in [0.3, 0.4) is 0 Å². The molecule has 0 fully saturated rings. The highest BCUT2D eigenvalue weighted by Gasteiger charge is 2.34. The van der Waals surface area contributed by atoms with E-state index in [-0.39, 0.29) is 12.1 Å². The molecule has 4 heteroatoms. The van der Waals surface area contributed by atoms with Gasteiger partial charge in [-0.1, -0.05) is 18.2 Å². The average molecular weight is 233 g/mol. The largest absolute Gasteiger partial charge is 0.472 e. The second-order valence-electron chi connectivity index (χ2n) is 3.82. The van der Waals surface area contributed by atoms with Crippen LogP contribution in [0.15, 0.2) is 35.3 Å². The minimum atomic E-state index is -0.551. The first-order valence-electron chi connectivity index (χ1n) is 5.69. The van der Waals surface area contributed by atoms with Gasteiger partial charge < -0.3 is 9.47 Å². The number of benzene rings is 1. The van der Waals surface area contributed by atoms with Crippen LogP contribution in [-0.4, -0.2) is 30.6 Å². The Hall–Kier alpha value is -1.84. The molecule has 1 aliphatic heterocycles. The van der Waals surface area contributed by atoms with Gasteiger partial charge in [0.2, 0.25) is 5.90 Å². The number of ether oxygens (including phenoxy) is 2. The molecule has 0 radical (unpaired) electrons. The Morgan fingerprint density at radius 2 is 2.12 bits per heavy atom. The quantitative estimate of drug-likeness (QED) is 0.748. The average Bonchev–Trinajstić information content (AvgIpc) is 2.73. The summed E-state index contributed by atoms with van der Waals surface area (Å²) in [4.78, 5) is 15.9. The van der Waals surface area contributed by atoms with Crippen molar-refractivity contribution in [1.82, 2.24) is 0 Å². The maximum atomic E-state index is 11.6. The van der Waals surface area contributed by atoms with Crippen LogP contribution in [-0.2, 0) is 14.3 Å². The maximum absolute atomic E-state index is 11.6. The lowest BCUT2D eigenvalue weighted by Crippen LogP contribution is -2.29. The molecule has 1 aromatic carbocycles. The second-order valence-corrected chi connectivity index (χ2v) is 3.82. The van der Waals surface area contributed by atoms with Gasteiger partial charge in [0.15, 0.2) is 6.04 Å². The third-order valence-corrected chi connectivity index (χ3v) is 2.55. The predicted molar refractivity (Wildman–Crippen MR) is 63.9 cm³/mol. The molecule has 2 rings (SSSR count). The third-order valence-electron chi connectivity index (χ3n) is 2.55. The zero-order valence-corrected chi connectivity index (χ0v) is 9.92. The number of carbonyl (C=O) groups excluding carboxylic acids is 1. The van der Waals surface area contributed by atoms with Crippen molar-refractivity contribution in [2.45, 2.75) is 26.0 Å². The van der Waals surface area contributed by atoms with E-state index in [4.69, 9.17) is 9.47 Å². The Morgan fingerprint density at radius 3 is 2.76 bits per heavy atom. The molecule has 0 N–H and O–H groups in total. The van der Waals surface area contributed by atoms with Gasteiger partial charge in [-0.15, -0.1) is 0 Å². The Balaban J connectivity index is 2.17. The lowest BCUT2D eigenvalue weighted by atomic mass is 10.2. The zero-order chi connectivity index (χ0) is 12.3. The van der Waals surface area contributed by atoms with Crippen molar-refractivity contribution in [3.63, 3.8) is 0 Å². The summed E-state index contributed by atoms with van der Waals surface area (Å²) in [7, 11) is 0. The fraction of sp³-hybridized carbons (Fsp3) is 0.385. The molecule has 0 spiro atoms. The molecule has 1 heterocycles. The summed E-state index contributed by atoms with van der Waals surface area (Å²) in [5, 5.41) is 0. The summed E-state index contributed by atoms with van der Waals surface area (Å²) >= 11 is 0. The normalized spacial score (nSPS) is 22.8. The van der Waals surface area contributed by atoms with Crippen LogP contribution in [0, 0.1) is 0 Å². The van der Waals surface area contributed by atoms with Gasteiger partial charge in [-0.25, -0.2) is 9.79 Å². The van der Waals surface area contributed by atoms with E-state index in [0.717, 1.165) is 5.56 Å². The SMILES string of the molecule is CCOC(=O)[C@H]1N=C(c2ccccc2)O[C@@H]1C. The zero-order valence-electron chi connectivity index (χ0n) is 9.92. The molecule has 0 bridgehead atoms. The molecule has 17 heavy (non-hydrogen) atoms. The van der Waals surface area contributed by atoms with E-state index < -0.39 is 6.04 Å². The molecule has 90 valence electrons. The summed E-state index contributed by atoms with van der Waals surface area (Å²) in [6, 6.07) is 8.99. The molecule has 0 amide bonds. The lowest BCUT2D eigenvalue weighted by molar-refractivity contribution is -0.145. The second kappa shape index (κ2) is 4.99. The topological polar surface area (TPSA) is 47.9 Å². The van der Waals surface area contributed by atoms with Crippen LogP contribution in [0.5, 0.6) is 0 Å². The first-order valence-corrected chi connectivity index (χ1v) is 5.69. The fourth-order valence-corrected chi connectivity index (χ4v) is 1.70. The van der Waals surface area contributed by atoms with Crippen LogP contribution in [0.4, 0.5) is 0 Å². The van der Waals surface area contributed by atoms with E-state index in [2.05, 4.69) is 4.99 Å². The van der Waals surface area contributed by atoms with Crippen molar-refractivity contribution < 1.29 is 14.3 Å². The Labute approximate surface area is 100 Å². The van der Waals surface area contributed by atoms with Crippen LogP contribution >= 0.6 is 0 Å². The van der Waals surface area contributed by atoms with E-state index >= 15 is 0 Å². The summed E-state index contributed by atoms with van der Waals surface area (Å²) in [5.41, 5.74) is 0.881. The Kier molecular flexibility index (Phi) is 3.42. The number of esters is 1. The maximum Gasteiger partial charge on any atom is 0.334 e. The smallest absolute Gasteiger partial charge is 0.334 e. The molecule has 0 saturated carbocycles. The number of hydrogen-bond donors (Lipinski definition) is 0. The van der Waals surface area contributed by atoms with E-state index in [9.17, 15) is 4.79 Å². The highest BCUT2D eigenvalue weighted by Crippen LogP contribution is 2.18. The molecule has 0 unspecified atom stereocenters. The molecule has 0 saturated heterocycles. The Morgan fingerprint density at radius 1 is 1.41 bits per heavy atom. The first-order chi connectivity index (χ1) is 8.22. The third kappa shape index (κ3) is 2.46. The van der Waals surface area contributed by atoms with Gasteiger partial charge in [-0.2, -0.15) is 0 Å². The minimum Gasteiger partial charge on any atom is -0.472 e. The monoisotopic (exact) mass is 233 g/mol. The predicted octanol–water partition coefficient (Wildman–Crippen LogP) is 1.78. The van der Waals surface area contributed by atoms with Gasteiger partial charge in [0, 0.05) is 5.56 Å². The molecule has 0 aliphatic carbocycles. The van der Waals surface area contributed by atoms with Crippen LogP contribution in [0.1, 0.15) is 19.4 Å². The van der Waals surface area contributed by atoms with Gasteiger partial charge in [-0.3, -0.25) is 0 Å². The van der Waals surface area contributed by atoms with Gasteiger partial charge in [0.25, 0.3) is 0 Å². The molecule has 1 aromatic rings. The van der Waals surface area contributed by atoms with Gasteiger partial charge in [0.1, 0.15) is 6.10 Å². The highest BCUT2D eigenvalue weighted by atomic mass is 16.5. The van der Waals surface area contributed by atoms with Crippen molar-refractivity contribution in [2.75, 3.05) is 6.61 Å². The van der Waals surface area contributed by atoms with E-state index in [1.54, 1.807) is 6.92 Å². The fourth-order valence-electron chi connectivity index (χ4n) is 1.70. The van der Waals surface area contributed by atoms with Crippen LogP contribution in [0.2, 0.25) is 0 Å². The standard InChI is InChI=1S/C13H15NO3/c1-3-16-13(15)11-9(2)17-12(14-11)10-7-5-4-6-8-10/h4-9,11H,3H2,1-2H3/t9-,11+/m1/s1. The van der Waals surface area contributed by atoms with E-state index in [0.29, 0.717) is 12.5 Å². The number of hydrogen-bond acceptors (Lipinski definition) is 4. The van der Waals surface area contributed by atoms with Gasteiger partial charge >= 0.3 is 5.97 Å². The molecule has 4 nitrogen and oxygen atoms in total. The molecule has 2 atom stereocenters. The molecular weight excluding hydrogens is 218 g/mol. The first kappa shape index (κ1) is 11.6. The number of rotatable bonds is 3. The number of aliphatic imine (C=N–C) groups is 1. The summed E-state index contributed by atoms with van der Waals surface area (Å²) in [5.74, 6) is 0.182. The summed E-state index contributed by atoms with van der Waals surface area (Å²) in [6.07, 6.45) is -0.274. The minimum absolute atomic E-state index is 0.274. The van der Waals surface area contributed by atoms with E-state index in [1.807, 2.05) is 37.3 Å². The van der Waals surface area contributed by atoms with E-state index in [1.165, 1.54) is 0 Å².